The number of anilines is 3. The second kappa shape index (κ2) is 14.4. The van der Waals surface area contributed by atoms with Crippen molar-refractivity contribution in [3.8, 4) is 39.6 Å². The van der Waals surface area contributed by atoms with Gasteiger partial charge in [0.2, 0.25) is 0 Å². The minimum Gasteiger partial charge on any atom is -0.457 e. The number of rotatable bonds is 8. The molecule has 2 aromatic heterocycles. The van der Waals surface area contributed by atoms with E-state index in [9.17, 15) is 0 Å². The van der Waals surface area contributed by atoms with Gasteiger partial charge in [-0.15, -0.1) is 0 Å². The molecule has 3 heterocycles. The van der Waals surface area contributed by atoms with Gasteiger partial charge in [-0.2, -0.15) is 0 Å². The van der Waals surface area contributed by atoms with Crippen LogP contribution in [0.4, 0.5) is 17.1 Å². The lowest BCUT2D eigenvalue weighted by atomic mass is 9.88. The van der Waals surface area contributed by atoms with E-state index in [4.69, 9.17) is 23.4 Å². The molecule has 0 saturated carbocycles. The highest BCUT2D eigenvalue weighted by molar-refractivity contribution is 6.09. The van der Waals surface area contributed by atoms with Crippen LogP contribution in [-0.4, -0.2) is 16.2 Å². The fourth-order valence-electron chi connectivity index (χ4n) is 7.94. The Morgan fingerprint density at radius 3 is 2.02 bits per heavy atom. The molecule has 0 spiro atoms. The van der Waals surface area contributed by atoms with Crippen LogP contribution in [-0.2, 0) is 12.0 Å². The summed E-state index contributed by atoms with van der Waals surface area (Å²) < 4.78 is 95.2. The smallest absolute Gasteiger partial charge is 0.137 e. The number of aromatic nitrogens is 2. The molecule has 0 fully saturated rings. The standard InChI is InChI=1S/C53H44N4O/c1-53(2,3)39-30-31-54-52(32-39)57-48-25-11-10-22-45(48)46-29-28-42(34-51(46)57)58-41-21-14-20-40(33-41)56-36-55(49-26-12-13-27-50(49)56)35-47-43(37-16-6-4-7-17-37)23-15-24-44(47)38-18-8-5-9-19-38/h4-34H,35-36H2,1-3H3/i4D,5D,6D,7D,8D,9D,16D,17D,18D,19D. The van der Waals surface area contributed by atoms with Crippen molar-refractivity contribution in [1.82, 2.24) is 9.55 Å². The Bertz CT molecular complexity index is 3380. The molecule has 1 aliphatic heterocycles. The second-order valence-electron chi connectivity index (χ2n) is 15.4. The van der Waals surface area contributed by atoms with Gasteiger partial charge in [0.05, 0.1) is 42.8 Å². The Labute approximate surface area is 354 Å². The maximum absolute atomic E-state index is 8.95. The number of benzene rings is 7. The van der Waals surface area contributed by atoms with Gasteiger partial charge in [-0.25, -0.2) is 4.98 Å². The third-order valence-corrected chi connectivity index (χ3v) is 10.7. The number of ether oxygens (including phenoxy) is 1. The average molecular weight is 763 g/mol. The Morgan fingerprint density at radius 1 is 0.621 bits per heavy atom. The van der Waals surface area contributed by atoms with Crippen LogP contribution in [0.1, 0.15) is 45.6 Å². The van der Waals surface area contributed by atoms with Crippen LogP contribution >= 0.6 is 0 Å². The summed E-state index contributed by atoms with van der Waals surface area (Å²) in [4.78, 5) is 9.01. The van der Waals surface area contributed by atoms with Crippen LogP contribution in [0.25, 0.3) is 49.9 Å². The molecular weight excluding hydrogens is 709 g/mol. The van der Waals surface area contributed by atoms with E-state index in [1.54, 1.807) is 18.2 Å². The van der Waals surface area contributed by atoms with Gasteiger partial charge in [-0.1, -0.05) is 136 Å². The molecule has 5 nitrogen and oxygen atoms in total. The molecule has 5 heteroatoms. The quantitative estimate of drug-likeness (QED) is 0.154. The zero-order valence-corrected chi connectivity index (χ0v) is 32.2. The predicted octanol–water partition coefficient (Wildman–Crippen LogP) is 13.7. The van der Waals surface area contributed by atoms with E-state index in [1.165, 1.54) is 5.56 Å². The summed E-state index contributed by atoms with van der Waals surface area (Å²) in [6.07, 6.45) is 1.86. The van der Waals surface area contributed by atoms with Gasteiger partial charge in [-0.05, 0) is 93.4 Å². The van der Waals surface area contributed by atoms with E-state index in [0.717, 1.165) is 44.7 Å². The molecule has 0 bridgehead atoms. The van der Waals surface area contributed by atoms with Gasteiger partial charge < -0.3 is 14.5 Å². The van der Waals surface area contributed by atoms with Gasteiger partial charge in [0, 0.05) is 41.3 Å². The van der Waals surface area contributed by atoms with E-state index >= 15 is 0 Å². The third-order valence-electron chi connectivity index (χ3n) is 10.7. The lowest BCUT2D eigenvalue weighted by Gasteiger charge is -2.25. The molecule has 0 unspecified atom stereocenters. The van der Waals surface area contributed by atoms with Crippen LogP contribution in [0, 0.1) is 0 Å². The predicted molar refractivity (Wildman–Crippen MR) is 241 cm³/mol. The van der Waals surface area contributed by atoms with Gasteiger partial charge >= 0.3 is 0 Å². The summed E-state index contributed by atoms with van der Waals surface area (Å²) >= 11 is 0. The van der Waals surface area contributed by atoms with Crippen LogP contribution in [0.2, 0.25) is 0 Å². The van der Waals surface area contributed by atoms with Crippen molar-refractivity contribution in [2.24, 2.45) is 0 Å². The Balaban J connectivity index is 1.04. The fraction of sp³-hybridized carbons (Fsp3) is 0.113. The molecule has 0 aliphatic carbocycles. The number of hydrogen-bond acceptors (Lipinski definition) is 4. The first-order valence-electron chi connectivity index (χ1n) is 24.2. The minimum absolute atomic E-state index is 0.0531. The second-order valence-corrected chi connectivity index (χ2v) is 15.4. The van der Waals surface area contributed by atoms with Gasteiger partial charge in [0.1, 0.15) is 17.3 Å². The molecule has 0 atom stereocenters. The molecule has 7 aromatic carbocycles. The van der Waals surface area contributed by atoms with Crippen molar-refractivity contribution in [2.45, 2.75) is 32.7 Å². The number of fused-ring (bicyclic) bond motifs is 4. The molecule has 282 valence electrons. The molecule has 0 N–H and O–H groups in total. The molecule has 9 aromatic rings. The lowest BCUT2D eigenvalue weighted by molar-refractivity contribution is 0.483. The first-order chi connectivity index (χ1) is 32.5. The number of nitrogens with zero attached hydrogens (tertiary/aromatic N) is 4. The molecule has 0 saturated heterocycles. The fourth-order valence-corrected chi connectivity index (χ4v) is 7.94. The summed E-state index contributed by atoms with van der Waals surface area (Å²) in [6.45, 7) is 6.93. The summed E-state index contributed by atoms with van der Waals surface area (Å²) in [5, 5.41) is 2.17. The van der Waals surface area contributed by atoms with E-state index in [1.807, 2.05) is 79.0 Å². The summed E-state index contributed by atoms with van der Waals surface area (Å²) in [7, 11) is 0. The van der Waals surface area contributed by atoms with Crippen LogP contribution in [0.3, 0.4) is 0 Å². The number of para-hydroxylation sites is 3. The maximum atomic E-state index is 8.95. The van der Waals surface area contributed by atoms with E-state index in [0.29, 0.717) is 23.7 Å². The summed E-state index contributed by atoms with van der Waals surface area (Å²) in [5.74, 6) is 2.05. The van der Waals surface area contributed by atoms with Crippen LogP contribution in [0.5, 0.6) is 11.5 Å². The molecule has 1 aliphatic rings. The van der Waals surface area contributed by atoms with Crippen molar-refractivity contribution < 1.29 is 18.4 Å². The third kappa shape index (κ3) is 6.45. The highest BCUT2D eigenvalue weighted by Crippen LogP contribution is 2.44. The first-order valence-corrected chi connectivity index (χ1v) is 19.2. The van der Waals surface area contributed by atoms with Crippen molar-refractivity contribution in [3.05, 3.63) is 199 Å². The van der Waals surface area contributed by atoms with Gasteiger partial charge in [0.25, 0.3) is 0 Å². The number of hydrogen-bond donors (Lipinski definition) is 0. The first kappa shape index (κ1) is 25.9. The highest BCUT2D eigenvalue weighted by atomic mass is 16.5. The zero-order chi connectivity index (χ0) is 47.9. The van der Waals surface area contributed by atoms with Crippen molar-refractivity contribution >= 4 is 38.9 Å². The monoisotopic (exact) mass is 762 g/mol. The minimum atomic E-state index is -0.537. The van der Waals surface area contributed by atoms with E-state index < -0.39 is 60.4 Å². The van der Waals surface area contributed by atoms with Gasteiger partial charge in [-0.3, -0.25) is 4.57 Å². The zero-order valence-electron chi connectivity index (χ0n) is 42.2. The number of pyridine rings is 1. The Kier molecular flexibility index (Phi) is 6.45. The average Bonchev–Trinajstić information content (AvgIpc) is 3.87. The van der Waals surface area contributed by atoms with E-state index in [-0.39, 0.29) is 34.2 Å². The SMILES string of the molecule is [2H]c1c([2H])c([2H])c(-c2cccc(-c3c([2H])c([2H])c([2H])c([2H])c3[2H])c2CN2CN(c3cccc(Oc4ccc5c6ccccc6n(-c6cc(C(C)(C)C)ccn6)c5c4)c3)c3ccccc32)c([2H])c1[2H]. The molecular formula is C53H44N4O. The van der Waals surface area contributed by atoms with Crippen molar-refractivity contribution in [1.29, 1.82) is 0 Å². The molecule has 0 radical (unpaired) electrons. The summed E-state index contributed by atoms with van der Waals surface area (Å²) in [6, 6.07) is 34.3. The van der Waals surface area contributed by atoms with Crippen LogP contribution in [0.15, 0.2) is 188 Å². The molecule has 0 amide bonds. The lowest BCUT2D eigenvalue weighted by Crippen LogP contribution is -2.28. The maximum Gasteiger partial charge on any atom is 0.137 e. The largest absolute Gasteiger partial charge is 0.457 e. The normalized spacial score (nSPS) is 15.1. The van der Waals surface area contributed by atoms with Crippen molar-refractivity contribution in [2.75, 3.05) is 16.5 Å². The molecule has 58 heavy (non-hydrogen) atoms. The highest BCUT2D eigenvalue weighted by Gasteiger charge is 2.28. The van der Waals surface area contributed by atoms with Gasteiger partial charge in [0.15, 0.2) is 0 Å². The topological polar surface area (TPSA) is 33.5 Å². The Morgan fingerprint density at radius 2 is 1.28 bits per heavy atom. The Hall–Kier alpha value is -7.11. The molecule has 10 rings (SSSR count). The summed E-state index contributed by atoms with van der Waals surface area (Å²) in [5.41, 5.74) is 6.48. The van der Waals surface area contributed by atoms with E-state index in [2.05, 4.69) is 65.5 Å². The van der Waals surface area contributed by atoms with Crippen molar-refractivity contribution in [3.63, 3.8) is 0 Å². The van der Waals surface area contributed by atoms with Crippen LogP contribution < -0.4 is 14.5 Å².